The molecule has 0 radical (unpaired) electrons. The number of hydrazine groups is 1. The van der Waals surface area contributed by atoms with E-state index in [0.717, 1.165) is 6.54 Å². The molecule has 0 atom stereocenters. The van der Waals surface area contributed by atoms with Crippen LogP contribution in [0.25, 0.3) is 0 Å². The second-order valence-corrected chi connectivity index (χ2v) is 3.68. The standard InChI is InChI=1S/C11H21N3/c1-2-3-4-5-6-7-10-14-11-8-9-12-13-14/h8-9,11,13H,2-7,10H2,1H3. The Morgan fingerprint density at radius 2 is 1.93 bits per heavy atom. The molecule has 0 unspecified atom stereocenters. The highest BCUT2D eigenvalue weighted by Gasteiger charge is 1.98. The van der Waals surface area contributed by atoms with Crippen molar-refractivity contribution in [3.05, 3.63) is 12.3 Å². The number of allylic oxidation sites excluding steroid dienone is 1. The second-order valence-electron chi connectivity index (χ2n) is 3.68. The first-order valence-corrected chi connectivity index (χ1v) is 5.65. The number of hydrogen-bond donors (Lipinski definition) is 1. The maximum absolute atomic E-state index is 3.95. The summed E-state index contributed by atoms with van der Waals surface area (Å²) >= 11 is 0. The topological polar surface area (TPSA) is 27.6 Å². The van der Waals surface area contributed by atoms with E-state index in [-0.39, 0.29) is 0 Å². The van der Waals surface area contributed by atoms with Crippen LogP contribution in [0.2, 0.25) is 0 Å². The molecule has 3 nitrogen and oxygen atoms in total. The van der Waals surface area contributed by atoms with Gasteiger partial charge in [0.05, 0.1) is 6.21 Å². The average Bonchev–Trinajstić information content (AvgIpc) is 2.25. The highest BCUT2D eigenvalue weighted by atomic mass is 15.6. The van der Waals surface area contributed by atoms with Gasteiger partial charge in [-0.2, -0.15) is 5.10 Å². The van der Waals surface area contributed by atoms with Crippen molar-refractivity contribution in [3.8, 4) is 0 Å². The molecule has 0 aromatic carbocycles. The molecule has 0 spiro atoms. The Bertz CT molecular complexity index is 187. The van der Waals surface area contributed by atoms with Crippen LogP contribution in [0.15, 0.2) is 17.4 Å². The molecular weight excluding hydrogens is 174 g/mol. The quantitative estimate of drug-likeness (QED) is 0.632. The minimum absolute atomic E-state index is 1.06. The first kappa shape index (κ1) is 11.1. The number of hydrazone groups is 1. The van der Waals surface area contributed by atoms with Gasteiger partial charge in [0.15, 0.2) is 0 Å². The van der Waals surface area contributed by atoms with Crippen LogP contribution in [0.5, 0.6) is 0 Å². The number of rotatable bonds is 7. The fourth-order valence-electron chi connectivity index (χ4n) is 1.51. The van der Waals surface area contributed by atoms with Gasteiger partial charge in [0, 0.05) is 12.7 Å². The Balaban J connectivity index is 1.88. The summed E-state index contributed by atoms with van der Waals surface area (Å²) in [6.07, 6.45) is 13.8. The van der Waals surface area contributed by atoms with Crippen molar-refractivity contribution in [3.63, 3.8) is 0 Å². The molecule has 3 heteroatoms. The highest BCUT2D eigenvalue weighted by Crippen LogP contribution is 2.05. The third-order valence-corrected chi connectivity index (χ3v) is 2.37. The predicted molar refractivity (Wildman–Crippen MR) is 60.8 cm³/mol. The number of hydrogen-bond acceptors (Lipinski definition) is 3. The van der Waals surface area contributed by atoms with E-state index in [1.165, 1.54) is 38.5 Å². The summed E-state index contributed by atoms with van der Waals surface area (Å²) in [5, 5.41) is 5.98. The fourth-order valence-corrected chi connectivity index (χ4v) is 1.51. The molecule has 1 aliphatic heterocycles. The van der Waals surface area contributed by atoms with Gasteiger partial charge in [-0.1, -0.05) is 39.0 Å². The number of nitrogens with zero attached hydrogens (tertiary/aromatic N) is 2. The van der Waals surface area contributed by atoms with E-state index < -0.39 is 0 Å². The Labute approximate surface area is 86.8 Å². The Hall–Kier alpha value is -0.990. The van der Waals surface area contributed by atoms with Gasteiger partial charge in [-0.15, -0.1) is 0 Å². The first-order chi connectivity index (χ1) is 6.93. The minimum Gasteiger partial charge on any atom is -0.279 e. The second kappa shape index (κ2) is 7.42. The summed E-state index contributed by atoms with van der Waals surface area (Å²) < 4.78 is 0. The van der Waals surface area contributed by atoms with Crippen LogP contribution < -0.4 is 5.53 Å². The SMILES string of the molecule is CCCCCCCCN1C=CC=NN1. The van der Waals surface area contributed by atoms with E-state index in [2.05, 4.69) is 17.6 Å². The van der Waals surface area contributed by atoms with Crippen LogP contribution in [0.1, 0.15) is 45.4 Å². The van der Waals surface area contributed by atoms with Gasteiger partial charge in [-0.3, -0.25) is 5.01 Å². The zero-order chi connectivity index (χ0) is 10.1. The summed E-state index contributed by atoms with van der Waals surface area (Å²) in [7, 11) is 0. The van der Waals surface area contributed by atoms with Crippen LogP contribution in [0.3, 0.4) is 0 Å². The normalized spacial score (nSPS) is 14.5. The zero-order valence-electron chi connectivity index (χ0n) is 9.08. The average molecular weight is 195 g/mol. The molecule has 1 rings (SSSR count). The van der Waals surface area contributed by atoms with Gasteiger partial charge in [0.1, 0.15) is 0 Å². The van der Waals surface area contributed by atoms with E-state index >= 15 is 0 Å². The number of unbranched alkanes of at least 4 members (excludes halogenated alkanes) is 5. The lowest BCUT2D eigenvalue weighted by molar-refractivity contribution is 0.268. The lowest BCUT2D eigenvalue weighted by Gasteiger charge is -2.20. The van der Waals surface area contributed by atoms with Gasteiger partial charge in [0.25, 0.3) is 0 Å². The molecule has 14 heavy (non-hydrogen) atoms. The Morgan fingerprint density at radius 1 is 1.14 bits per heavy atom. The summed E-state index contributed by atoms with van der Waals surface area (Å²) in [5.74, 6) is 0. The molecule has 0 saturated carbocycles. The summed E-state index contributed by atoms with van der Waals surface area (Å²) in [5.41, 5.74) is 2.94. The van der Waals surface area contributed by atoms with E-state index in [1.807, 2.05) is 17.3 Å². The third-order valence-electron chi connectivity index (χ3n) is 2.37. The molecule has 0 amide bonds. The molecule has 1 heterocycles. The van der Waals surface area contributed by atoms with Crippen molar-refractivity contribution in [1.82, 2.24) is 10.5 Å². The fraction of sp³-hybridized carbons (Fsp3) is 0.727. The van der Waals surface area contributed by atoms with Crippen molar-refractivity contribution in [2.45, 2.75) is 45.4 Å². The summed E-state index contributed by atoms with van der Waals surface area (Å²) in [6, 6.07) is 0. The van der Waals surface area contributed by atoms with Gasteiger partial charge < -0.3 is 0 Å². The van der Waals surface area contributed by atoms with E-state index in [0.29, 0.717) is 0 Å². The molecule has 0 saturated heterocycles. The van der Waals surface area contributed by atoms with E-state index in [4.69, 9.17) is 0 Å². The maximum atomic E-state index is 3.95. The Morgan fingerprint density at radius 3 is 2.64 bits per heavy atom. The number of nitrogens with one attached hydrogen (secondary N) is 1. The van der Waals surface area contributed by atoms with E-state index in [9.17, 15) is 0 Å². The Kier molecular flexibility index (Phi) is 5.87. The molecule has 80 valence electrons. The monoisotopic (exact) mass is 195 g/mol. The molecule has 0 aromatic rings. The summed E-state index contributed by atoms with van der Waals surface area (Å²) in [4.78, 5) is 0. The van der Waals surface area contributed by atoms with Crippen molar-refractivity contribution in [2.75, 3.05) is 6.54 Å². The van der Waals surface area contributed by atoms with Gasteiger partial charge in [0.2, 0.25) is 0 Å². The van der Waals surface area contributed by atoms with Gasteiger partial charge >= 0.3 is 0 Å². The van der Waals surface area contributed by atoms with Crippen molar-refractivity contribution in [2.24, 2.45) is 5.10 Å². The predicted octanol–water partition coefficient (Wildman–Crippen LogP) is 2.67. The van der Waals surface area contributed by atoms with Gasteiger partial charge in [-0.05, 0) is 12.5 Å². The maximum Gasteiger partial charge on any atom is 0.0503 e. The van der Waals surface area contributed by atoms with Crippen LogP contribution in [0.4, 0.5) is 0 Å². The minimum atomic E-state index is 1.06. The molecule has 0 aromatic heterocycles. The molecule has 0 aliphatic carbocycles. The lowest BCUT2D eigenvalue weighted by atomic mass is 10.1. The molecule has 0 fully saturated rings. The highest BCUT2D eigenvalue weighted by molar-refractivity contribution is 5.70. The van der Waals surface area contributed by atoms with Crippen molar-refractivity contribution >= 4 is 6.21 Å². The van der Waals surface area contributed by atoms with Crippen molar-refractivity contribution < 1.29 is 0 Å². The summed E-state index contributed by atoms with van der Waals surface area (Å²) in [6.45, 7) is 3.31. The van der Waals surface area contributed by atoms with Crippen LogP contribution in [0, 0.1) is 0 Å². The largest absolute Gasteiger partial charge is 0.279 e. The third kappa shape index (κ3) is 4.90. The molecule has 1 N–H and O–H groups in total. The first-order valence-electron chi connectivity index (χ1n) is 5.65. The van der Waals surface area contributed by atoms with E-state index in [1.54, 1.807) is 6.21 Å². The van der Waals surface area contributed by atoms with Gasteiger partial charge in [-0.25, -0.2) is 5.53 Å². The molecular formula is C11H21N3. The van der Waals surface area contributed by atoms with Crippen molar-refractivity contribution in [1.29, 1.82) is 0 Å². The van der Waals surface area contributed by atoms with Crippen LogP contribution in [-0.2, 0) is 0 Å². The van der Waals surface area contributed by atoms with Crippen LogP contribution >= 0.6 is 0 Å². The lowest BCUT2D eigenvalue weighted by Crippen LogP contribution is -2.31. The zero-order valence-corrected chi connectivity index (χ0v) is 9.08. The molecule has 1 aliphatic rings. The van der Waals surface area contributed by atoms with Crippen LogP contribution in [-0.4, -0.2) is 17.8 Å². The smallest absolute Gasteiger partial charge is 0.0503 e. The molecule has 0 bridgehead atoms.